The normalized spacial score (nSPS) is 11.7. The summed E-state index contributed by atoms with van der Waals surface area (Å²) in [6.07, 6.45) is -0.865. The third-order valence-electron chi connectivity index (χ3n) is 4.30. The summed E-state index contributed by atoms with van der Waals surface area (Å²) in [6.45, 7) is 0.385. The lowest BCUT2D eigenvalue weighted by Gasteiger charge is -2.09. The summed E-state index contributed by atoms with van der Waals surface area (Å²) in [7, 11) is 0. The Bertz CT molecular complexity index is 1180. The molecule has 0 atom stereocenters. The molecule has 1 aromatic carbocycles. The van der Waals surface area contributed by atoms with E-state index in [4.69, 9.17) is 0 Å². The fourth-order valence-corrected chi connectivity index (χ4v) is 2.95. The molecule has 0 aliphatic carbocycles. The van der Waals surface area contributed by atoms with Crippen LogP contribution in [0.2, 0.25) is 0 Å². The molecule has 0 aliphatic heterocycles. The summed E-state index contributed by atoms with van der Waals surface area (Å²) in [6, 6.07) is 14.5. The Labute approximate surface area is 162 Å². The van der Waals surface area contributed by atoms with E-state index in [9.17, 15) is 18.0 Å². The number of aryl methyl sites for hydroxylation is 2. The van der Waals surface area contributed by atoms with Crippen molar-refractivity contribution in [2.75, 3.05) is 0 Å². The van der Waals surface area contributed by atoms with Crippen molar-refractivity contribution in [1.82, 2.24) is 19.2 Å². The quantitative estimate of drug-likeness (QED) is 0.513. The first-order chi connectivity index (χ1) is 13.9. The molecular formula is C20H15F3N4O2. The molecule has 0 saturated heterocycles. The number of aromatic nitrogens is 4. The van der Waals surface area contributed by atoms with Crippen molar-refractivity contribution >= 4 is 5.65 Å². The number of ether oxygens (including phenoxy) is 1. The molecule has 0 fully saturated rings. The van der Waals surface area contributed by atoms with Crippen LogP contribution in [0.5, 0.6) is 5.75 Å². The van der Waals surface area contributed by atoms with Crippen molar-refractivity contribution in [3.63, 3.8) is 0 Å². The second kappa shape index (κ2) is 7.42. The number of rotatable bonds is 5. The molecule has 3 aromatic heterocycles. The molecule has 4 rings (SSSR count). The first-order valence-corrected chi connectivity index (χ1v) is 8.74. The van der Waals surface area contributed by atoms with Gasteiger partial charge < -0.3 is 4.74 Å². The molecule has 29 heavy (non-hydrogen) atoms. The Morgan fingerprint density at radius 1 is 0.966 bits per heavy atom. The van der Waals surface area contributed by atoms with Gasteiger partial charge in [0.15, 0.2) is 5.65 Å². The second-order valence-electron chi connectivity index (χ2n) is 6.29. The van der Waals surface area contributed by atoms with Crippen LogP contribution in [-0.2, 0) is 13.0 Å². The Balaban J connectivity index is 1.58. The molecule has 148 valence electrons. The van der Waals surface area contributed by atoms with Gasteiger partial charge in [0.05, 0.1) is 6.54 Å². The highest BCUT2D eigenvalue weighted by atomic mass is 19.4. The highest BCUT2D eigenvalue weighted by Gasteiger charge is 2.30. The third kappa shape index (κ3) is 4.29. The van der Waals surface area contributed by atoms with Crippen molar-refractivity contribution in [2.45, 2.75) is 19.3 Å². The van der Waals surface area contributed by atoms with Crippen molar-refractivity contribution in [2.24, 2.45) is 0 Å². The van der Waals surface area contributed by atoms with E-state index >= 15 is 0 Å². The minimum Gasteiger partial charge on any atom is -0.406 e. The van der Waals surface area contributed by atoms with Crippen LogP contribution in [0.4, 0.5) is 13.2 Å². The SMILES string of the molecule is O=c1n(CCc2ccccn2)nc2ccc(-c3ccc(OC(F)(F)F)cc3)cn12. The number of hydrogen-bond donors (Lipinski definition) is 0. The monoisotopic (exact) mass is 400 g/mol. The molecule has 0 unspecified atom stereocenters. The second-order valence-corrected chi connectivity index (χ2v) is 6.29. The first kappa shape index (κ1) is 18.7. The lowest BCUT2D eigenvalue weighted by molar-refractivity contribution is -0.274. The minimum atomic E-state index is -4.74. The molecule has 0 aliphatic rings. The third-order valence-corrected chi connectivity index (χ3v) is 4.30. The lowest BCUT2D eigenvalue weighted by atomic mass is 10.1. The zero-order chi connectivity index (χ0) is 20.4. The van der Waals surface area contributed by atoms with Crippen LogP contribution >= 0.6 is 0 Å². The molecule has 0 radical (unpaired) electrons. The molecule has 0 spiro atoms. The van der Waals surface area contributed by atoms with E-state index in [0.29, 0.717) is 29.7 Å². The van der Waals surface area contributed by atoms with Gasteiger partial charge in [0, 0.05) is 24.5 Å². The Kier molecular flexibility index (Phi) is 4.79. The van der Waals surface area contributed by atoms with E-state index in [2.05, 4.69) is 14.8 Å². The number of benzene rings is 1. The maximum absolute atomic E-state index is 12.6. The zero-order valence-electron chi connectivity index (χ0n) is 15.0. The lowest BCUT2D eigenvalue weighted by Crippen LogP contribution is -2.22. The Hall–Kier alpha value is -3.62. The van der Waals surface area contributed by atoms with Crippen molar-refractivity contribution in [1.29, 1.82) is 0 Å². The Morgan fingerprint density at radius 3 is 2.41 bits per heavy atom. The molecule has 0 N–H and O–H groups in total. The molecular weight excluding hydrogens is 385 g/mol. The fraction of sp³-hybridized carbons (Fsp3) is 0.150. The first-order valence-electron chi connectivity index (χ1n) is 8.74. The zero-order valence-corrected chi connectivity index (χ0v) is 15.0. The molecule has 0 saturated carbocycles. The van der Waals surface area contributed by atoms with Crippen molar-refractivity contribution < 1.29 is 17.9 Å². The average Bonchev–Trinajstić information content (AvgIpc) is 3.02. The maximum atomic E-state index is 12.6. The van der Waals surface area contributed by atoms with Gasteiger partial charge in [-0.25, -0.2) is 13.9 Å². The van der Waals surface area contributed by atoms with Gasteiger partial charge in [0.25, 0.3) is 0 Å². The van der Waals surface area contributed by atoms with Crippen LogP contribution in [0.1, 0.15) is 5.69 Å². The van der Waals surface area contributed by atoms with Crippen LogP contribution in [0.15, 0.2) is 71.8 Å². The predicted octanol–water partition coefficient (Wildman–Crippen LogP) is 3.70. The van der Waals surface area contributed by atoms with Gasteiger partial charge in [0.2, 0.25) is 0 Å². The fourth-order valence-electron chi connectivity index (χ4n) is 2.95. The molecule has 0 bridgehead atoms. The summed E-state index contributed by atoms with van der Waals surface area (Å²) < 4.78 is 43.5. The summed E-state index contributed by atoms with van der Waals surface area (Å²) in [5.74, 6) is -0.304. The minimum absolute atomic E-state index is 0.296. The Morgan fingerprint density at radius 2 is 1.72 bits per heavy atom. The number of hydrogen-bond acceptors (Lipinski definition) is 4. The standard InChI is InChI=1S/C20H15F3N4O2/c21-20(22,23)29-17-7-4-14(5-8-17)15-6-9-18-25-27(19(28)26(18)13-15)12-10-16-3-1-2-11-24-16/h1-9,11,13H,10,12H2. The average molecular weight is 400 g/mol. The molecule has 6 nitrogen and oxygen atoms in total. The van der Waals surface area contributed by atoms with Gasteiger partial charge in [-0.3, -0.25) is 4.98 Å². The van der Waals surface area contributed by atoms with Gasteiger partial charge in [0.1, 0.15) is 5.75 Å². The van der Waals surface area contributed by atoms with Crippen LogP contribution in [0.3, 0.4) is 0 Å². The van der Waals surface area contributed by atoms with Gasteiger partial charge in [-0.1, -0.05) is 18.2 Å². The van der Waals surface area contributed by atoms with E-state index in [1.54, 1.807) is 24.5 Å². The number of fused-ring (bicyclic) bond motifs is 1. The summed E-state index contributed by atoms with van der Waals surface area (Å²) >= 11 is 0. The number of nitrogens with zero attached hydrogens (tertiary/aromatic N) is 4. The smallest absolute Gasteiger partial charge is 0.406 e. The van der Waals surface area contributed by atoms with Gasteiger partial charge in [-0.2, -0.15) is 0 Å². The largest absolute Gasteiger partial charge is 0.573 e. The van der Waals surface area contributed by atoms with E-state index < -0.39 is 6.36 Å². The summed E-state index contributed by atoms with van der Waals surface area (Å²) in [4.78, 5) is 16.9. The molecule has 3 heterocycles. The van der Waals surface area contributed by atoms with Crippen LogP contribution < -0.4 is 10.4 Å². The van der Waals surface area contributed by atoms with Crippen LogP contribution in [0, 0.1) is 0 Å². The molecule has 9 heteroatoms. The number of halogens is 3. The maximum Gasteiger partial charge on any atom is 0.573 e. The van der Waals surface area contributed by atoms with Crippen molar-refractivity contribution in [3.8, 4) is 16.9 Å². The van der Waals surface area contributed by atoms with E-state index in [1.165, 1.54) is 33.3 Å². The number of alkyl halides is 3. The topological polar surface area (TPSA) is 61.4 Å². The molecule has 4 aromatic rings. The van der Waals surface area contributed by atoms with Gasteiger partial charge >= 0.3 is 12.1 Å². The molecule has 0 amide bonds. The van der Waals surface area contributed by atoms with E-state index in [1.807, 2.05) is 18.2 Å². The summed E-state index contributed by atoms with van der Waals surface area (Å²) in [5.41, 5.74) is 2.36. The van der Waals surface area contributed by atoms with Crippen LogP contribution in [-0.4, -0.2) is 25.5 Å². The highest BCUT2D eigenvalue weighted by molar-refractivity contribution is 5.65. The summed E-state index contributed by atoms with van der Waals surface area (Å²) in [5, 5.41) is 4.31. The predicted molar refractivity (Wildman–Crippen MR) is 99.5 cm³/mol. The van der Waals surface area contributed by atoms with E-state index in [-0.39, 0.29) is 11.4 Å². The van der Waals surface area contributed by atoms with Crippen molar-refractivity contribution in [3.05, 3.63) is 83.2 Å². The number of pyridine rings is 2. The van der Waals surface area contributed by atoms with Gasteiger partial charge in [-0.15, -0.1) is 18.3 Å². The van der Waals surface area contributed by atoms with Gasteiger partial charge in [-0.05, 0) is 47.5 Å². The van der Waals surface area contributed by atoms with Crippen LogP contribution in [0.25, 0.3) is 16.8 Å². The highest BCUT2D eigenvalue weighted by Crippen LogP contribution is 2.26. The van der Waals surface area contributed by atoms with E-state index in [0.717, 1.165) is 5.69 Å².